The maximum Gasteiger partial charge on any atom is 0.129 e. The lowest BCUT2D eigenvalue weighted by molar-refractivity contribution is 0.166. The molecule has 1 aromatic rings. The highest BCUT2D eigenvalue weighted by Crippen LogP contribution is 2.15. The van der Waals surface area contributed by atoms with Gasteiger partial charge in [0, 0.05) is 41.0 Å². The summed E-state index contributed by atoms with van der Waals surface area (Å²) in [5.74, 6) is 0.235. The zero-order valence-electron chi connectivity index (χ0n) is 10.7. The summed E-state index contributed by atoms with van der Waals surface area (Å²) in [6.45, 7) is 2.25. The quantitative estimate of drug-likeness (QED) is 0.793. The fourth-order valence-electron chi connectivity index (χ4n) is 1.61. The second-order valence-corrected chi connectivity index (χ2v) is 5.97. The van der Waals surface area contributed by atoms with E-state index in [9.17, 15) is 13.7 Å². The van der Waals surface area contributed by atoms with Crippen molar-refractivity contribution in [3.8, 4) is 0 Å². The van der Waals surface area contributed by atoms with Gasteiger partial charge in [-0.15, -0.1) is 0 Å². The van der Waals surface area contributed by atoms with Gasteiger partial charge in [0.25, 0.3) is 0 Å². The number of halogens is 1. The molecule has 0 bridgehead atoms. The van der Waals surface area contributed by atoms with Gasteiger partial charge in [0.15, 0.2) is 0 Å². The van der Waals surface area contributed by atoms with E-state index in [-0.39, 0.29) is 6.04 Å². The monoisotopic (exact) mass is 273 g/mol. The van der Waals surface area contributed by atoms with Crippen molar-refractivity contribution in [3.63, 3.8) is 0 Å². The molecule has 3 unspecified atom stereocenters. The second-order valence-electron chi connectivity index (χ2n) is 4.41. The van der Waals surface area contributed by atoms with Crippen molar-refractivity contribution in [3.05, 3.63) is 35.6 Å². The summed E-state index contributed by atoms with van der Waals surface area (Å²) < 4.78 is 24.3. The van der Waals surface area contributed by atoms with Gasteiger partial charge in [-0.25, -0.2) is 4.39 Å². The first kappa shape index (κ1) is 15.3. The zero-order valence-corrected chi connectivity index (χ0v) is 11.5. The average molecular weight is 273 g/mol. The summed E-state index contributed by atoms with van der Waals surface area (Å²) in [6, 6.07) is 6.36. The fourth-order valence-corrected chi connectivity index (χ4v) is 2.30. The Kier molecular flexibility index (Phi) is 6.46. The Morgan fingerprint density at radius 3 is 2.72 bits per heavy atom. The Morgan fingerprint density at radius 2 is 2.11 bits per heavy atom. The molecule has 0 saturated carbocycles. The molecule has 3 nitrogen and oxygen atoms in total. The van der Waals surface area contributed by atoms with Crippen LogP contribution >= 0.6 is 0 Å². The van der Waals surface area contributed by atoms with Gasteiger partial charge in [0.2, 0.25) is 0 Å². The van der Waals surface area contributed by atoms with Crippen LogP contribution in [0.4, 0.5) is 4.39 Å². The summed E-state index contributed by atoms with van der Waals surface area (Å²) in [4.78, 5) is 0. The van der Waals surface area contributed by atoms with E-state index in [0.717, 1.165) is 6.42 Å². The van der Waals surface area contributed by atoms with Crippen LogP contribution in [0.25, 0.3) is 0 Å². The molecule has 0 heterocycles. The molecule has 0 amide bonds. The molecule has 0 aliphatic heterocycles. The summed E-state index contributed by atoms with van der Waals surface area (Å²) in [7, 11) is -0.803. The minimum atomic E-state index is -0.860. The van der Waals surface area contributed by atoms with Crippen molar-refractivity contribution < 1.29 is 13.7 Å². The molecule has 2 N–H and O–H groups in total. The van der Waals surface area contributed by atoms with Gasteiger partial charge in [0.05, 0.1) is 6.10 Å². The third kappa shape index (κ3) is 5.25. The molecule has 3 atom stereocenters. The van der Waals surface area contributed by atoms with Crippen molar-refractivity contribution >= 4 is 10.8 Å². The molecule has 0 radical (unpaired) electrons. The minimum absolute atomic E-state index is 0.148. The molecule has 0 fully saturated rings. The second kappa shape index (κ2) is 7.61. The molecule has 1 rings (SSSR count). The summed E-state index contributed by atoms with van der Waals surface area (Å²) in [5, 5.41) is 13.0. The van der Waals surface area contributed by atoms with Gasteiger partial charge < -0.3 is 10.4 Å². The highest BCUT2D eigenvalue weighted by Gasteiger charge is 2.13. The number of hydrogen-bond donors (Lipinski definition) is 2. The third-order valence-corrected chi connectivity index (χ3v) is 3.57. The van der Waals surface area contributed by atoms with Gasteiger partial charge in [-0.1, -0.05) is 18.2 Å². The molecule has 0 saturated heterocycles. The molecule has 5 heteroatoms. The van der Waals surface area contributed by atoms with Crippen LogP contribution in [-0.4, -0.2) is 33.9 Å². The Bertz CT molecular complexity index is 400. The lowest BCUT2D eigenvalue weighted by Crippen LogP contribution is -2.31. The van der Waals surface area contributed by atoms with Crippen LogP contribution in [0.15, 0.2) is 24.3 Å². The van der Waals surface area contributed by atoms with Crippen molar-refractivity contribution in [1.82, 2.24) is 5.32 Å². The van der Waals surface area contributed by atoms with E-state index in [1.54, 1.807) is 24.5 Å². The fraction of sp³-hybridized carbons (Fsp3) is 0.538. The lowest BCUT2D eigenvalue weighted by atomic mass is 10.1. The van der Waals surface area contributed by atoms with E-state index in [1.165, 1.54) is 6.07 Å². The number of aliphatic hydroxyl groups is 1. The van der Waals surface area contributed by atoms with Crippen LogP contribution in [0.5, 0.6) is 0 Å². The van der Waals surface area contributed by atoms with E-state index >= 15 is 0 Å². The Hall–Kier alpha value is -0.780. The van der Waals surface area contributed by atoms with E-state index in [2.05, 4.69) is 5.32 Å². The summed E-state index contributed by atoms with van der Waals surface area (Å²) in [5.41, 5.74) is 0.302. The Morgan fingerprint density at radius 1 is 1.44 bits per heavy atom. The van der Waals surface area contributed by atoms with Crippen molar-refractivity contribution in [2.75, 3.05) is 18.6 Å². The number of rotatable bonds is 7. The normalized spacial score (nSPS) is 16.2. The first-order chi connectivity index (χ1) is 8.50. The van der Waals surface area contributed by atoms with E-state index in [0.29, 0.717) is 17.9 Å². The van der Waals surface area contributed by atoms with Crippen molar-refractivity contribution in [1.29, 1.82) is 0 Å². The van der Waals surface area contributed by atoms with Gasteiger partial charge in [-0.3, -0.25) is 4.21 Å². The smallest absolute Gasteiger partial charge is 0.129 e. The first-order valence-corrected chi connectivity index (χ1v) is 7.69. The molecule has 0 aliphatic carbocycles. The number of benzene rings is 1. The molecule has 1 aromatic carbocycles. The van der Waals surface area contributed by atoms with Crippen LogP contribution in [0.1, 0.15) is 25.0 Å². The van der Waals surface area contributed by atoms with Crippen LogP contribution in [0, 0.1) is 5.82 Å². The molecule has 0 spiro atoms. The van der Waals surface area contributed by atoms with Crippen LogP contribution in [0.2, 0.25) is 0 Å². The lowest BCUT2D eigenvalue weighted by Gasteiger charge is -2.17. The largest absolute Gasteiger partial charge is 0.387 e. The summed E-state index contributed by atoms with van der Waals surface area (Å²) >= 11 is 0. The third-order valence-electron chi connectivity index (χ3n) is 2.76. The topological polar surface area (TPSA) is 49.3 Å². The highest BCUT2D eigenvalue weighted by molar-refractivity contribution is 7.84. The van der Waals surface area contributed by atoms with Gasteiger partial charge >= 0.3 is 0 Å². The van der Waals surface area contributed by atoms with E-state index in [4.69, 9.17) is 0 Å². The van der Waals surface area contributed by atoms with Crippen molar-refractivity contribution in [2.45, 2.75) is 25.5 Å². The number of nitrogens with one attached hydrogen (secondary N) is 1. The first-order valence-electron chi connectivity index (χ1n) is 5.96. The summed E-state index contributed by atoms with van der Waals surface area (Å²) in [6.07, 6.45) is 1.58. The maximum absolute atomic E-state index is 13.4. The van der Waals surface area contributed by atoms with Gasteiger partial charge in [-0.2, -0.15) is 0 Å². The minimum Gasteiger partial charge on any atom is -0.387 e. The van der Waals surface area contributed by atoms with Crippen LogP contribution in [-0.2, 0) is 10.8 Å². The molecule has 0 aromatic heterocycles. The Balaban J connectivity index is 2.39. The maximum atomic E-state index is 13.4. The predicted octanol–water partition coefficient (Wildman–Crippen LogP) is 1.61. The standard InChI is InChI=1S/C13H20FNO2S/c1-10(7-8-18(2)17)15-9-13(16)11-5-3-4-6-12(11)14/h3-6,10,13,15-16H,7-9H2,1-2H3. The van der Waals surface area contributed by atoms with Crippen LogP contribution in [0.3, 0.4) is 0 Å². The highest BCUT2D eigenvalue weighted by atomic mass is 32.2. The van der Waals surface area contributed by atoms with E-state index < -0.39 is 22.7 Å². The van der Waals surface area contributed by atoms with Gasteiger partial charge in [-0.05, 0) is 19.4 Å². The molecular formula is C13H20FNO2S. The average Bonchev–Trinajstić information content (AvgIpc) is 2.34. The number of aliphatic hydroxyl groups excluding tert-OH is 1. The molecular weight excluding hydrogens is 253 g/mol. The van der Waals surface area contributed by atoms with Crippen molar-refractivity contribution in [2.24, 2.45) is 0 Å². The predicted molar refractivity (Wildman–Crippen MR) is 72.4 cm³/mol. The number of hydrogen-bond acceptors (Lipinski definition) is 3. The molecule has 102 valence electrons. The zero-order chi connectivity index (χ0) is 13.5. The Labute approximate surface area is 110 Å². The SMILES string of the molecule is CC(CCS(C)=O)NCC(O)c1ccccc1F. The molecule has 18 heavy (non-hydrogen) atoms. The van der Waals surface area contributed by atoms with Crippen LogP contribution < -0.4 is 5.32 Å². The van der Waals surface area contributed by atoms with Gasteiger partial charge in [0.1, 0.15) is 5.82 Å². The molecule has 0 aliphatic rings. The van der Waals surface area contributed by atoms with E-state index in [1.807, 2.05) is 6.92 Å².